The molecule has 0 bridgehead atoms. The van der Waals surface area contributed by atoms with Gasteiger partial charge < -0.3 is 16.2 Å². The van der Waals surface area contributed by atoms with Crippen molar-refractivity contribution in [1.82, 2.24) is 0 Å². The SMILES string of the molecule is Cc1cc(C(CC2CO2)c2ccc(N)cc2)ccc1N. The number of epoxide rings is 1. The van der Waals surface area contributed by atoms with Crippen LogP contribution in [0.3, 0.4) is 0 Å². The fraction of sp³-hybridized carbons (Fsp3) is 0.294. The maximum Gasteiger partial charge on any atom is 0.0819 e. The molecule has 1 fully saturated rings. The van der Waals surface area contributed by atoms with Crippen molar-refractivity contribution in [3.63, 3.8) is 0 Å². The Morgan fingerprint density at radius 3 is 2.35 bits per heavy atom. The molecule has 1 saturated heterocycles. The van der Waals surface area contributed by atoms with Gasteiger partial charge in [-0.15, -0.1) is 0 Å². The third kappa shape index (κ3) is 2.78. The Balaban J connectivity index is 1.95. The van der Waals surface area contributed by atoms with Crippen molar-refractivity contribution in [2.24, 2.45) is 0 Å². The predicted octanol–water partition coefficient (Wildman–Crippen LogP) is 3.08. The largest absolute Gasteiger partial charge is 0.399 e. The standard InChI is InChI=1S/C17H20N2O/c1-11-8-13(4-7-17(11)19)16(9-15-10-20-15)12-2-5-14(18)6-3-12/h2-8,15-16H,9-10,18-19H2,1H3. The van der Waals surface area contributed by atoms with Crippen LogP contribution >= 0.6 is 0 Å². The Hall–Kier alpha value is -2.00. The second-order valence-corrected chi connectivity index (χ2v) is 5.53. The van der Waals surface area contributed by atoms with E-state index in [4.69, 9.17) is 16.2 Å². The lowest BCUT2D eigenvalue weighted by atomic mass is 9.86. The van der Waals surface area contributed by atoms with Crippen molar-refractivity contribution in [3.05, 3.63) is 59.2 Å². The van der Waals surface area contributed by atoms with E-state index in [1.54, 1.807) is 0 Å². The van der Waals surface area contributed by atoms with E-state index in [9.17, 15) is 0 Å². The van der Waals surface area contributed by atoms with Gasteiger partial charge in [0.1, 0.15) is 0 Å². The fourth-order valence-corrected chi connectivity index (χ4v) is 2.58. The molecule has 4 N–H and O–H groups in total. The molecule has 2 unspecified atom stereocenters. The summed E-state index contributed by atoms with van der Waals surface area (Å²) >= 11 is 0. The van der Waals surface area contributed by atoms with Gasteiger partial charge in [0.25, 0.3) is 0 Å². The van der Waals surface area contributed by atoms with Crippen LogP contribution in [0.5, 0.6) is 0 Å². The lowest BCUT2D eigenvalue weighted by Crippen LogP contribution is -2.06. The van der Waals surface area contributed by atoms with Gasteiger partial charge in [0, 0.05) is 17.3 Å². The number of ether oxygens (including phenoxy) is 1. The van der Waals surface area contributed by atoms with Crippen molar-refractivity contribution in [2.75, 3.05) is 18.1 Å². The molecule has 2 aromatic rings. The number of hydrogen-bond acceptors (Lipinski definition) is 3. The topological polar surface area (TPSA) is 64.6 Å². The number of nitrogen functional groups attached to an aromatic ring is 2. The molecule has 2 atom stereocenters. The Bertz CT molecular complexity index is 603. The highest BCUT2D eigenvalue weighted by Gasteiger charge is 2.28. The van der Waals surface area contributed by atoms with E-state index < -0.39 is 0 Å². The van der Waals surface area contributed by atoms with Gasteiger partial charge in [-0.3, -0.25) is 0 Å². The molecule has 3 rings (SSSR count). The molecule has 0 radical (unpaired) electrons. The van der Waals surface area contributed by atoms with Crippen LogP contribution in [0, 0.1) is 6.92 Å². The van der Waals surface area contributed by atoms with Crippen LogP contribution in [0.4, 0.5) is 11.4 Å². The molecule has 0 spiro atoms. The highest BCUT2D eigenvalue weighted by molar-refractivity contribution is 5.50. The van der Waals surface area contributed by atoms with E-state index in [1.165, 1.54) is 11.1 Å². The number of hydrogen-bond donors (Lipinski definition) is 2. The first-order valence-electron chi connectivity index (χ1n) is 6.96. The van der Waals surface area contributed by atoms with Crippen molar-refractivity contribution in [1.29, 1.82) is 0 Å². The highest BCUT2D eigenvalue weighted by Crippen LogP contribution is 2.34. The first-order valence-corrected chi connectivity index (χ1v) is 6.96. The van der Waals surface area contributed by atoms with Crippen LogP contribution in [-0.4, -0.2) is 12.7 Å². The lowest BCUT2D eigenvalue weighted by Gasteiger charge is -2.18. The van der Waals surface area contributed by atoms with Gasteiger partial charge in [-0.2, -0.15) is 0 Å². The number of rotatable bonds is 4. The molecule has 0 amide bonds. The average molecular weight is 268 g/mol. The second-order valence-electron chi connectivity index (χ2n) is 5.53. The van der Waals surface area contributed by atoms with E-state index in [1.807, 2.05) is 25.1 Å². The predicted molar refractivity (Wildman–Crippen MR) is 82.6 cm³/mol. The van der Waals surface area contributed by atoms with Gasteiger partial charge in [0.05, 0.1) is 12.7 Å². The summed E-state index contributed by atoms with van der Waals surface area (Å²) in [6, 6.07) is 14.4. The van der Waals surface area contributed by atoms with E-state index in [-0.39, 0.29) is 0 Å². The zero-order chi connectivity index (χ0) is 14.1. The second kappa shape index (κ2) is 5.17. The van der Waals surface area contributed by atoms with Crippen LogP contribution in [0.2, 0.25) is 0 Å². The number of benzene rings is 2. The molecule has 20 heavy (non-hydrogen) atoms. The van der Waals surface area contributed by atoms with E-state index in [2.05, 4.69) is 24.3 Å². The Morgan fingerprint density at radius 1 is 1.10 bits per heavy atom. The summed E-state index contributed by atoms with van der Waals surface area (Å²) < 4.78 is 5.41. The van der Waals surface area contributed by atoms with E-state index >= 15 is 0 Å². The number of anilines is 2. The average Bonchev–Trinajstić information content (AvgIpc) is 3.25. The van der Waals surface area contributed by atoms with Crippen LogP contribution in [0.15, 0.2) is 42.5 Å². The monoisotopic (exact) mass is 268 g/mol. The molecule has 0 aromatic heterocycles. The Kier molecular flexibility index (Phi) is 3.36. The van der Waals surface area contributed by atoms with Gasteiger partial charge in [-0.1, -0.05) is 24.3 Å². The Morgan fingerprint density at radius 2 is 1.75 bits per heavy atom. The minimum absolute atomic E-state index is 0.336. The molecule has 2 aromatic carbocycles. The molecule has 104 valence electrons. The lowest BCUT2D eigenvalue weighted by molar-refractivity contribution is 0.388. The highest BCUT2D eigenvalue weighted by atomic mass is 16.6. The van der Waals surface area contributed by atoms with Gasteiger partial charge in [-0.05, 0) is 48.2 Å². The number of nitrogens with two attached hydrogens (primary N) is 2. The smallest absolute Gasteiger partial charge is 0.0819 e. The quantitative estimate of drug-likeness (QED) is 0.661. The molecule has 0 aliphatic carbocycles. The Labute approximate surface area is 119 Å². The zero-order valence-corrected chi connectivity index (χ0v) is 11.7. The fourth-order valence-electron chi connectivity index (χ4n) is 2.58. The van der Waals surface area contributed by atoms with Gasteiger partial charge in [0.15, 0.2) is 0 Å². The summed E-state index contributed by atoms with van der Waals surface area (Å²) in [5.41, 5.74) is 17.0. The normalized spacial score (nSPS) is 18.8. The van der Waals surface area contributed by atoms with Crippen molar-refractivity contribution in [2.45, 2.75) is 25.4 Å². The summed E-state index contributed by atoms with van der Waals surface area (Å²) in [6.07, 6.45) is 1.39. The maximum absolute atomic E-state index is 5.92. The van der Waals surface area contributed by atoms with Crippen molar-refractivity contribution in [3.8, 4) is 0 Å². The van der Waals surface area contributed by atoms with Crippen LogP contribution in [0.1, 0.15) is 29.0 Å². The molecule has 1 aliphatic rings. The molecule has 1 heterocycles. The van der Waals surface area contributed by atoms with Crippen LogP contribution < -0.4 is 11.5 Å². The maximum atomic E-state index is 5.92. The molecular formula is C17H20N2O. The molecule has 3 heteroatoms. The molecule has 1 aliphatic heterocycles. The summed E-state index contributed by atoms with van der Waals surface area (Å²) in [5, 5.41) is 0. The minimum Gasteiger partial charge on any atom is -0.399 e. The minimum atomic E-state index is 0.336. The van der Waals surface area contributed by atoms with Crippen molar-refractivity contribution >= 4 is 11.4 Å². The zero-order valence-electron chi connectivity index (χ0n) is 11.7. The summed E-state index contributed by atoms with van der Waals surface area (Å²) in [4.78, 5) is 0. The molecular weight excluding hydrogens is 248 g/mol. The molecule has 0 saturated carbocycles. The third-order valence-electron chi connectivity index (χ3n) is 3.94. The summed E-state index contributed by atoms with van der Waals surface area (Å²) in [5.74, 6) is 0.336. The van der Waals surface area contributed by atoms with Gasteiger partial charge in [0.2, 0.25) is 0 Å². The van der Waals surface area contributed by atoms with Crippen molar-refractivity contribution < 1.29 is 4.74 Å². The summed E-state index contributed by atoms with van der Waals surface area (Å²) in [7, 11) is 0. The number of aryl methyl sites for hydroxylation is 1. The van der Waals surface area contributed by atoms with Crippen LogP contribution in [0.25, 0.3) is 0 Å². The molecule has 3 nitrogen and oxygen atoms in total. The third-order valence-corrected chi connectivity index (χ3v) is 3.94. The summed E-state index contributed by atoms with van der Waals surface area (Å²) in [6.45, 7) is 2.92. The van der Waals surface area contributed by atoms with E-state index in [0.29, 0.717) is 12.0 Å². The van der Waals surface area contributed by atoms with E-state index in [0.717, 1.165) is 30.0 Å². The van der Waals surface area contributed by atoms with Crippen LogP contribution in [-0.2, 0) is 4.74 Å². The first kappa shape index (κ1) is 13.0. The van der Waals surface area contributed by atoms with Gasteiger partial charge in [-0.25, -0.2) is 0 Å². The van der Waals surface area contributed by atoms with Gasteiger partial charge >= 0.3 is 0 Å². The first-order chi connectivity index (χ1) is 9.63.